The topological polar surface area (TPSA) is 21.3 Å². The van der Waals surface area contributed by atoms with Crippen molar-refractivity contribution < 1.29 is 9.23 Å². The van der Waals surface area contributed by atoms with Crippen LogP contribution in [0, 0.1) is 5.82 Å². The van der Waals surface area contributed by atoms with E-state index in [1.54, 1.807) is 12.1 Å². The molecular weight excluding hydrogens is 169 g/mol. The Balaban J connectivity index is 2.41. The van der Waals surface area contributed by atoms with Crippen molar-refractivity contribution in [1.82, 2.24) is 0 Å². The van der Waals surface area contributed by atoms with E-state index < -0.39 is 0 Å². The molecule has 1 rings (SSSR count). The maximum Gasteiger partial charge on any atom is 0.123 e. The molecule has 0 aliphatic carbocycles. The predicted octanol–water partition coefficient (Wildman–Crippen LogP) is 2.97. The summed E-state index contributed by atoms with van der Waals surface area (Å²) < 4.78 is 12.5. The van der Waals surface area contributed by atoms with Crippen molar-refractivity contribution in [2.75, 3.05) is 5.48 Å². The van der Waals surface area contributed by atoms with Gasteiger partial charge in [-0.2, -0.15) is 0 Å². The highest BCUT2D eigenvalue weighted by molar-refractivity contribution is 5.40. The molecule has 1 atom stereocenters. The molecule has 3 heteroatoms. The highest BCUT2D eigenvalue weighted by Crippen LogP contribution is 2.09. The molecule has 0 saturated heterocycles. The van der Waals surface area contributed by atoms with Gasteiger partial charge in [0.1, 0.15) is 5.82 Å². The molecule has 0 fully saturated rings. The number of hydrogen-bond donors (Lipinski definition) is 1. The van der Waals surface area contributed by atoms with E-state index in [0.717, 1.165) is 12.1 Å². The number of hydrogen-bond acceptors (Lipinski definition) is 2. The van der Waals surface area contributed by atoms with Gasteiger partial charge in [-0.15, -0.1) is 0 Å². The molecule has 1 unspecified atom stereocenters. The second-order valence-corrected chi connectivity index (χ2v) is 2.95. The fourth-order valence-corrected chi connectivity index (χ4v) is 0.770. The summed E-state index contributed by atoms with van der Waals surface area (Å²) in [7, 11) is 0. The highest BCUT2D eigenvalue weighted by atomic mass is 19.1. The zero-order valence-electron chi connectivity index (χ0n) is 7.88. The average molecular weight is 183 g/mol. The zero-order valence-corrected chi connectivity index (χ0v) is 7.88. The lowest BCUT2D eigenvalue weighted by molar-refractivity contribution is 0.112. The lowest BCUT2D eigenvalue weighted by Gasteiger charge is -2.11. The van der Waals surface area contributed by atoms with E-state index in [2.05, 4.69) is 5.48 Å². The first-order chi connectivity index (χ1) is 6.22. The Bertz CT molecular complexity index is 248. The van der Waals surface area contributed by atoms with Gasteiger partial charge in [-0.05, 0) is 37.6 Å². The first kappa shape index (κ1) is 9.99. The van der Waals surface area contributed by atoms with Crippen molar-refractivity contribution in [3.05, 3.63) is 30.1 Å². The molecule has 0 aromatic heterocycles. The van der Waals surface area contributed by atoms with Gasteiger partial charge in [0.2, 0.25) is 0 Å². The molecular formula is C10H14FNO. The van der Waals surface area contributed by atoms with Crippen molar-refractivity contribution in [2.45, 2.75) is 26.4 Å². The third-order valence-electron chi connectivity index (χ3n) is 1.80. The van der Waals surface area contributed by atoms with E-state index >= 15 is 0 Å². The number of halogens is 1. The molecule has 0 radical (unpaired) electrons. The van der Waals surface area contributed by atoms with Crippen LogP contribution in [0.1, 0.15) is 20.3 Å². The van der Waals surface area contributed by atoms with Crippen LogP contribution in [-0.4, -0.2) is 6.10 Å². The van der Waals surface area contributed by atoms with Crippen LogP contribution in [0.2, 0.25) is 0 Å². The molecule has 0 bridgehead atoms. The van der Waals surface area contributed by atoms with Gasteiger partial charge in [-0.25, -0.2) is 4.39 Å². The normalized spacial score (nSPS) is 12.5. The maximum atomic E-state index is 12.5. The van der Waals surface area contributed by atoms with E-state index in [-0.39, 0.29) is 11.9 Å². The third kappa shape index (κ3) is 3.42. The molecule has 0 saturated carbocycles. The van der Waals surface area contributed by atoms with Gasteiger partial charge >= 0.3 is 0 Å². The van der Waals surface area contributed by atoms with Crippen LogP contribution >= 0.6 is 0 Å². The minimum atomic E-state index is -0.242. The zero-order chi connectivity index (χ0) is 9.68. The summed E-state index contributed by atoms with van der Waals surface area (Å²) in [6, 6.07) is 6.06. The van der Waals surface area contributed by atoms with Gasteiger partial charge in [0.25, 0.3) is 0 Å². The molecule has 1 N–H and O–H groups in total. The fourth-order valence-electron chi connectivity index (χ4n) is 0.770. The van der Waals surface area contributed by atoms with Crippen LogP contribution in [0.15, 0.2) is 24.3 Å². The molecule has 0 heterocycles. The quantitative estimate of drug-likeness (QED) is 0.724. The fraction of sp³-hybridized carbons (Fsp3) is 0.400. The Kier molecular flexibility index (Phi) is 3.71. The van der Waals surface area contributed by atoms with Crippen LogP contribution < -0.4 is 5.48 Å². The summed E-state index contributed by atoms with van der Waals surface area (Å²) >= 11 is 0. The van der Waals surface area contributed by atoms with Crippen LogP contribution in [0.25, 0.3) is 0 Å². The Labute approximate surface area is 77.7 Å². The SMILES string of the molecule is CCC(C)ONc1ccc(F)cc1. The van der Waals surface area contributed by atoms with Crippen molar-refractivity contribution in [2.24, 2.45) is 0 Å². The van der Waals surface area contributed by atoms with E-state index in [1.807, 2.05) is 13.8 Å². The first-order valence-electron chi connectivity index (χ1n) is 4.39. The predicted molar refractivity (Wildman–Crippen MR) is 50.9 cm³/mol. The second-order valence-electron chi connectivity index (χ2n) is 2.95. The van der Waals surface area contributed by atoms with Gasteiger partial charge in [-0.1, -0.05) is 6.92 Å². The van der Waals surface area contributed by atoms with E-state index in [4.69, 9.17) is 4.84 Å². The van der Waals surface area contributed by atoms with Crippen LogP contribution in [0.4, 0.5) is 10.1 Å². The minimum Gasteiger partial charge on any atom is -0.273 e. The van der Waals surface area contributed by atoms with Gasteiger partial charge in [0, 0.05) is 0 Å². The Hall–Kier alpha value is -1.09. The minimum absolute atomic E-state index is 0.157. The molecule has 0 aliphatic heterocycles. The highest BCUT2D eigenvalue weighted by Gasteiger charge is 1.98. The summed E-state index contributed by atoms with van der Waals surface area (Å²) in [5.74, 6) is -0.242. The number of nitrogens with one attached hydrogen (secondary N) is 1. The molecule has 1 aromatic carbocycles. The van der Waals surface area contributed by atoms with E-state index in [9.17, 15) is 4.39 Å². The van der Waals surface area contributed by atoms with Crippen molar-refractivity contribution in [3.8, 4) is 0 Å². The van der Waals surface area contributed by atoms with Crippen LogP contribution in [-0.2, 0) is 4.84 Å². The second kappa shape index (κ2) is 4.82. The van der Waals surface area contributed by atoms with E-state index in [1.165, 1.54) is 12.1 Å². The van der Waals surface area contributed by atoms with Crippen molar-refractivity contribution in [3.63, 3.8) is 0 Å². The summed E-state index contributed by atoms with van der Waals surface area (Å²) in [6.45, 7) is 4.01. The van der Waals surface area contributed by atoms with Crippen molar-refractivity contribution in [1.29, 1.82) is 0 Å². The average Bonchev–Trinajstić information content (AvgIpc) is 2.16. The largest absolute Gasteiger partial charge is 0.273 e. The summed E-state index contributed by atoms with van der Waals surface area (Å²) in [4.78, 5) is 5.24. The monoisotopic (exact) mass is 183 g/mol. The Morgan fingerprint density at radius 2 is 2.00 bits per heavy atom. The smallest absolute Gasteiger partial charge is 0.123 e. The number of benzene rings is 1. The molecule has 1 aromatic rings. The van der Waals surface area contributed by atoms with Crippen LogP contribution in [0.3, 0.4) is 0 Å². The third-order valence-corrected chi connectivity index (χ3v) is 1.80. The molecule has 0 spiro atoms. The maximum absolute atomic E-state index is 12.5. The summed E-state index contributed by atoms with van der Waals surface area (Å²) in [5, 5.41) is 0. The number of anilines is 1. The lowest BCUT2D eigenvalue weighted by Crippen LogP contribution is -2.11. The molecule has 2 nitrogen and oxygen atoms in total. The molecule has 72 valence electrons. The standard InChI is InChI=1S/C10H14FNO/c1-3-8(2)13-12-10-6-4-9(11)5-7-10/h4-8,12H,3H2,1-2H3. The lowest BCUT2D eigenvalue weighted by atomic mass is 10.3. The van der Waals surface area contributed by atoms with Gasteiger partial charge in [0.05, 0.1) is 11.8 Å². The molecule has 13 heavy (non-hydrogen) atoms. The van der Waals surface area contributed by atoms with E-state index in [0.29, 0.717) is 0 Å². The Morgan fingerprint density at radius 3 is 2.54 bits per heavy atom. The van der Waals surface area contributed by atoms with Gasteiger partial charge in [0.15, 0.2) is 0 Å². The molecule has 0 amide bonds. The van der Waals surface area contributed by atoms with Crippen molar-refractivity contribution >= 4 is 5.69 Å². The van der Waals surface area contributed by atoms with Crippen LogP contribution in [0.5, 0.6) is 0 Å². The summed E-state index contributed by atoms with van der Waals surface area (Å²) in [5.41, 5.74) is 3.52. The molecule has 0 aliphatic rings. The van der Waals surface area contributed by atoms with Gasteiger partial charge in [-0.3, -0.25) is 10.3 Å². The first-order valence-corrected chi connectivity index (χ1v) is 4.39. The summed E-state index contributed by atoms with van der Waals surface area (Å²) in [6.07, 6.45) is 1.10. The number of rotatable bonds is 4. The van der Waals surface area contributed by atoms with Gasteiger partial charge < -0.3 is 0 Å². The Morgan fingerprint density at radius 1 is 1.38 bits per heavy atom.